The fourth-order valence-corrected chi connectivity index (χ4v) is 2.83. The van der Waals surface area contributed by atoms with E-state index in [2.05, 4.69) is 11.9 Å². The van der Waals surface area contributed by atoms with Gasteiger partial charge >= 0.3 is 11.9 Å². The molecular weight excluding hydrogens is 330 g/mol. The van der Waals surface area contributed by atoms with Crippen molar-refractivity contribution in [3.05, 3.63) is 47.0 Å². The zero-order valence-electron chi connectivity index (χ0n) is 15.6. The molecular formula is C21H27NO4. The fourth-order valence-electron chi connectivity index (χ4n) is 2.83. The number of hydrogen-bond acceptors (Lipinski definition) is 5. The number of carbonyl (C=O) groups is 2. The number of benzene rings is 1. The minimum absolute atomic E-state index is 0.00946. The van der Waals surface area contributed by atoms with Gasteiger partial charge in [-0.1, -0.05) is 56.5 Å². The molecule has 2 rings (SSSR count). The summed E-state index contributed by atoms with van der Waals surface area (Å²) in [6, 6.07) is 9.66. The summed E-state index contributed by atoms with van der Waals surface area (Å²) in [7, 11) is 0. The second-order valence-electron chi connectivity index (χ2n) is 6.24. The van der Waals surface area contributed by atoms with Crippen molar-refractivity contribution in [3.63, 3.8) is 0 Å². The lowest BCUT2D eigenvalue weighted by Gasteiger charge is -2.05. The lowest BCUT2D eigenvalue weighted by molar-refractivity contribution is -0.142. The fraction of sp³-hybridized carbons (Fsp3) is 0.476. The Bertz CT molecular complexity index is 677. The highest BCUT2D eigenvalue weighted by Crippen LogP contribution is 2.25. The molecule has 0 amide bonds. The summed E-state index contributed by atoms with van der Waals surface area (Å²) in [5.74, 6) is -0.504. The van der Waals surface area contributed by atoms with Gasteiger partial charge in [-0.25, -0.2) is 4.79 Å². The highest BCUT2D eigenvalue weighted by Gasteiger charge is 2.32. The van der Waals surface area contributed by atoms with Crippen LogP contribution in [0.1, 0.15) is 51.5 Å². The molecule has 0 fully saturated rings. The average Bonchev–Trinajstić information content (AvgIpc) is 2.91. The van der Waals surface area contributed by atoms with E-state index in [4.69, 9.17) is 9.47 Å². The maximum absolute atomic E-state index is 12.4. The Morgan fingerprint density at radius 1 is 1.08 bits per heavy atom. The lowest BCUT2D eigenvalue weighted by Crippen LogP contribution is -2.11. The third kappa shape index (κ3) is 5.83. The summed E-state index contributed by atoms with van der Waals surface area (Å²) in [4.78, 5) is 28.8. The number of rotatable bonds is 10. The van der Waals surface area contributed by atoms with E-state index in [1.165, 1.54) is 0 Å². The van der Waals surface area contributed by atoms with Crippen LogP contribution in [0.2, 0.25) is 0 Å². The van der Waals surface area contributed by atoms with Crippen LogP contribution in [0.3, 0.4) is 0 Å². The van der Waals surface area contributed by atoms with E-state index < -0.39 is 5.97 Å². The molecule has 1 aliphatic heterocycles. The highest BCUT2D eigenvalue weighted by molar-refractivity contribution is 6.16. The topological polar surface area (TPSA) is 65.0 Å². The quantitative estimate of drug-likeness (QED) is 0.469. The maximum atomic E-state index is 12.4. The molecule has 1 heterocycles. The normalized spacial score (nSPS) is 15.5. The van der Waals surface area contributed by atoms with Crippen LogP contribution >= 0.6 is 0 Å². The van der Waals surface area contributed by atoms with Gasteiger partial charge in [0.25, 0.3) is 0 Å². The predicted octanol–water partition coefficient (Wildman–Crippen LogP) is 4.01. The first-order valence-electron chi connectivity index (χ1n) is 9.34. The summed E-state index contributed by atoms with van der Waals surface area (Å²) in [6.45, 7) is 4.81. The second-order valence-corrected chi connectivity index (χ2v) is 6.24. The Morgan fingerprint density at radius 2 is 1.85 bits per heavy atom. The van der Waals surface area contributed by atoms with Crippen molar-refractivity contribution in [3.8, 4) is 0 Å². The Morgan fingerprint density at radius 3 is 2.54 bits per heavy atom. The molecule has 0 bridgehead atoms. The number of unbranched alkanes of at least 4 members (excludes halogenated alkanes) is 3. The van der Waals surface area contributed by atoms with Gasteiger partial charge in [0.1, 0.15) is 0 Å². The zero-order chi connectivity index (χ0) is 18.8. The van der Waals surface area contributed by atoms with Crippen molar-refractivity contribution >= 4 is 17.8 Å². The van der Waals surface area contributed by atoms with Crippen LogP contribution in [0, 0.1) is 0 Å². The monoisotopic (exact) mass is 357 g/mol. The molecule has 0 aromatic heterocycles. The Kier molecular flexibility index (Phi) is 8.06. The number of carbonyl (C=O) groups excluding carboxylic acids is 2. The van der Waals surface area contributed by atoms with E-state index >= 15 is 0 Å². The number of nitrogens with zero attached hydrogens (tertiary/aromatic N) is 1. The average molecular weight is 357 g/mol. The van der Waals surface area contributed by atoms with E-state index in [1.807, 2.05) is 30.3 Å². The zero-order valence-corrected chi connectivity index (χ0v) is 15.6. The number of ether oxygens (including phenoxy) is 2. The van der Waals surface area contributed by atoms with Gasteiger partial charge in [0.15, 0.2) is 0 Å². The Balaban J connectivity index is 2.19. The van der Waals surface area contributed by atoms with Crippen molar-refractivity contribution in [1.29, 1.82) is 0 Å². The van der Waals surface area contributed by atoms with Crippen LogP contribution < -0.4 is 0 Å². The third-order valence-electron chi connectivity index (χ3n) is 4.18. The molecule has 26 heavy (non-hydrogen) atoms. The first-order chi connectivity index (χ1) is 12.7. The van der Waals surface area contributed by atoms with Crippen LogP contribution in [-0.4, -0.2) is 31.0 Å². The van der Waals surface area contributed by atoms with E-state index in [0.29, 0.717) is 30.7 Å². The molecule has 0 atom stereocenters. The summed E-state index contributed by atoms with van der Waals surface area (Å²) < 4.78 is 10.4. The minimum atomic E-state index is -0.416. The second kappa shape index (κ2) is 10.5. The Hall–Kier alpha value is -2.43. The van der Waals surface area contributed by atoms with Crippen molar-refractivity contribution in [2.24, 2.45) is 4.99 Å². The van der Waals surface area contributed by atoms with E-state index in [1.54, 1.807) is 6.92 Å². The molecule has 0 spiro atoms. The third-order valence-corrected chi connectivity index (χ3v) is 4.18. The van der Waals surface area contributed by atoms with Gasteiger partial charge in [-0.3, -0.25) is 9.79 Å². The number of hydrogen-bond donors (Lipinski definition) is 0. The van der Waals surface area contributed by atoms with Crippen molar-refractivity contribution < 1.29 is 19.1 Å². The highest BCUT2D eigenvalue weighted by atomic mass is 16.6. The standard InChI is InChI=1S/C21H27NO4/c1-3-5-6-10-13-22-20-17(15-19(23)25-4-2)18(21(24)26-20)14-16-11-8-7-9-12-16/h7-9,11-12H,3-6,10,13-15H2,1-2H3. The molecule has 0 saturated heterocycles. The predicted molar refractivity (Wildman–Crippen MR) is 101 cm³/mol. The smallest absolute Gasteiger partial charge is 0.341 e. The van der Waals surface area contributed by atoms with Gasteiger partial charge in [0.05, 0.1) is 18.6 Å². The molecule has 0 saturated carbocycles. The summed E-state index contributed by atoms with van der Waals surface area (Å²) >= 11 is 0. The molecule has 0 radical (unpaired) electrons. The molecule has 0 N–H and O–H groups in total. The molecule has 140 valence electrons. The molecule has 0 unspecified atom stereocenters. The van der Waals surface area contributed by atoms with Crippen molar-refractivity contribution in [2.75, 3.05) is 13.2 Å². The largest absolute Gasteiger partial charge is 0.466 e. The molecule has 1 aromatic carbocycles. The van der Waals surface area contributed by atoms with Gasteiger partial charge in [-0.05, 0) is 18.9 Å². The lowest BCUT2D eigenvalue weighted by atomic mass is 9.99. The van der Waals surface area contributed by atoms with Crippen LogP contribution in [-0.2, 0) is 25.5 Å². The first-order valence-corrected chi connectivity index (χ1v) is 9.34. The van der Waals surface area contributed by atoms with Crippen LogP contribution in [0.4, 0.5) is 0 Å². The van der Waals surface area contributed by atoms with Gasteiger partial charge < -0.3 is 9.47 Å². The number of esters is 2. The van der Waals surface area contributed by atoms with E-state index in [9.17, 15) is 9.59 Å². The van der Waals surface area contributed by atoms with Crippen LogP contribution in [0.15, 0.2) is 46.5 Å². The van der Waals surface area contributed by atoms with Crippen molar-refractivity contribution in [1.82, 2.24) is 0 Å². The van der Waals surface area contributed by atoms with Gasteiger partial charge in [-0.2, -0.15) is 0 Å². The van der Waals surface area contributed by atoms with Crippen LogP contribution in [0.25, 0.3) is 0 Å². The van der Waals surface area contributed by atoms with Crippen LogP contribution in [0.5, 0.6) is 0 Å². The van der Waals surface area contributed by atoms with Crippen molar-refractivity contribution in [2.45, 2.75) is 52.4 Å². The Labute approximate surface area is 155 Å². The number of aliphatic imine (C=N–C) groups is 1. The van der Waals surface area contributed by atoms with Gasteiger partial charge in [-0.15, -0.1) is 0 Å². The summed E-state index contributed by atoms with van der Waals surface area (Å²) in [5, 5.41) is 0. The summed E-state index contributed by atoms with van der Waals surface area (Å²) in [5.41, 5.74) is 2.05. The molecule has 5 nitrogen and oxygen atoms in total. The first kappa shape index (κ1) is 19.9. The molecule has 1 aromatic rings. The van der Waals surface area contributed by atoms with E-state index in [-0.39, 0.29) is 18.3 Å². The maximum Gasteiger partial charge on any atom is 0.341 e. The van der Waals surface area contributed by atoms with Gasteiger partial charge in [0.2, 0.25) is 5.90 Å². The van der Waals surface area contributed by atoms with E-state index in [0.717, 1.165) is 31.2 Å². The molecule has 0 aliphatic carbocycles. The SMILES string of the molecule is CCCCCCN=C1OC(=O)C(Cc2ccccc2)=C1CC(=O)OCC. The van der Waals surface area contributed by atoms with Gasteiger partial charge in [0, 0.05) is 18.5 Å². The summed E-state index contributed by atoms with van der Waals surface area (Å²) in [6.07, 6.45) is 4.78. The number of cyclic esters (lactones) is 1. The minimum Gasteiger partial charge on any atom is -0.466 e. The molecule has 5 heteroatoms. The molecule has 1 aliphatic rings.